The quantitative estimate of drug-likeness (QED) is 0.276. The number of imide groups is 2. The SMILES string of the molecule is COC(=O)c1ccc(N2C(=O)NC(=O)/C(=C\c3ccc(OC)cc3Cc3ccccc3Br)C2=O)cc1. The Balaban J connectivity index is 1.72. The predicted molar refractivity (Wildman–Crippen MR) is 137 cm³/mol. The highest BCUT2D eigenvalue weighted by molar-refractivity contribution is 9.10. The van der Waals surface area contributed by atoms with Crippen LogP contribution in [0.2, 0.25) is 0 Å². The molecule has 3 aromatic rings. The monoisotopic (exact) mass is 548 g/mol. The number of barbiturate groups is 1. The Morgan fingerprint density at radius 1 is 0.972 bits per heavy atom. The fourth-order valence-electron chi connectivity index (χ4n) is 3.76. The molecule has 9 heteroatoms. The van der Waals surface area contributed by atoms with Gasteiger partial charge in [0.1, 0.15) is 11.3 Å². The van der Waals surface area contributed by atoms with Gasteiger partial charge in [0.2, 0.25) is 0 Å². The first-order valence-electron chi connectivity index (χ1n) is 10.8. The molecule has 0 aliphatic carbocycles. The summed E-state index contributed by atoms with van der Waals surface area (Å²) in [6, 6.07) is 17.9. The van der Waals surface area contributed by atoms with Gasteiger partial charge >= 0.3 is 12.0 Å². The van der Waals surface area contributed by atoms with E-state index in [1.807, 2.05) is 30.3 Å². The topological polar surface area (TPSA) is 102 Å². The molecule has 1 N–H and O–H groups in total. The van der Waals surface area contributed by atoms with Gasteiger partial charge in [-0.25, -0.2) is 14.5 Å². The van der Waals surface area contributed by atoms with Gasteiger partial charge in [0.15, 0.2) is 0 Å². The van der Waals surface area contributed by atoms with Crippen LogP contribution in [0.5, 0.6) is 5.75 Å². The largest absolute Gasteiger partial charge is 0.497 e. The average molecular weight is 549 g/mol. The number of nitrogens with zero attached hydrogens (tertiary/aromatic N) is 1. The summed E-state index contributed by atoms with van der Waals surface area (Å²) in [6.07, 6.45) is 1.97. The summed E-state index contributed by atoms with van der Waals surface area (Å²) in [7, 11) is 2.81. The highest BCUT2D eigenvalue weighted by Gasteiger charge is 2.37. The third kappa shape index (κ3) is 5.06. The highest BCUT2D eigenvalue weighted by atomic mass is 79.9. The number of halogens is 1. The van der Waals surface area contributed by atoms with E-state index in [1.165, 1.54) is 37.5 Å². The van der Waals surface area contributed by atoms with Crippen LogP contribution in [0.4, 0.5) is 10.5 Å². The fourth-order valence-corrected chi connectivity index (χ4v) is 4.19. The molecule has 0 atom stereocenters. The number of ether oxygens (including phenoxy) is 2. The van der Waals surface area contributed by atoms with Crippen molar-refractivity contribution < 1.29 is 28.7 Å². The number of anilines is 1. The van der Waals surface area contributed by atoms with Gasteiger partial charge in [-0.15, -0.1) is 0 Å². The van der Waals surface area contributed by atoms with Crippen molar-refractivity contribution in [2.24, 2.45) is 0 Å². The summed E-state index contributed by atoms with van der Waals surface area (Å²) in [5.74, 6) is -1.50. The summed E-state index contributed by atoms with van der Waals surface area (Å²) >= 11 is 3.55. The standard InChI is InChI=1S/C27H21BrN2O6/c1-35-21-12-9-17(19(14-21)13-18-5-3-4-6-23(18)28)15-22-24(31)29-27(34)30(25(22)32)20-10-7-16(8-11-20)26(33)36-2/h3-12,14-15H,13H2,1-2H3,(H,29,31,34)/b22-15+. The zero-order chi connectivity index (χ0) is 25.8. The van der Waals surface area contributed by atoms with Gasteiger partial charge in [0.05, 0.1) is 25.5 Å². The molecule has 1 heterocycles. The molecule has 0 radical (unpaired) electrons. The van der Waals surface area contributed by atoms with Gasteiger partial charge in [0.25, 0.3) is 11.8 Å². The van der Waals surface area contributed by atoms with Gasteiger partial charge in [0, 0.05) is 4.47 Å². The molecule has 1 aliphatic rings. The van der Waals surface area contributed by atoms with Crippen molar-refractivity contribution in [3.05, 3.63) is 99.0 Å². The van der Waals surface area contributed by atoms with Crippen molar-refractivity contribution in [1.29, 1.82) is 0 Å². The fraction of sp³-hybridized carbons (Fsp3) is 0.111. The third-order valence-corrected chi connectivity index (χ3v) is 6.41. The minimum atomic E-state index is -0.879. The van der Waals surface area contributed by atoms with E-state index in [1.54, 1.807) is 19.2 Å². The van der Waals surface area contributed by atoms with E-state index in [0.717, 1.165) is 20.5 Å². The zero-order valence-corrected chi connectivity index (χ0v) is 21.0. The predicted octanol–water partition coefficient (Wildman–Crippen LogP) is 4.50. The third-order valence-electron chi connectivity index (χ3n) is 5.64. The van der Waals surface area contributed by atoms with Crippen LogP contribution < -0.4 is 15.0 Å². The molecule has 182 valence electrons. The molecule has 1 fully saturated rings. The van der Waals surface area contributed by atoms with Crippen LogP contribution in [0.15, 0.2) is 76.8 Å². The van der Waals surface area contributed by atoms with Crippen LogP contribution >= 0.6 is 15.9 Å². The molecule has 4 amide bonds. The van der Waals surface area contributed by atoms with E-state index in [0.29, 0.717) is 17.7 Å². The Morgan fingerprint density at radius 3 is 2.36 bits per heavy atom. The number of methoxy groups -OCH3 is 2. The van der Waals surface area contributed by atoms with Crippen LogP contribution in [-0.4, -0.2) is 38.0 Å². The van der Waals surface area contributed by atoms with Gasteiger partial charge in [-0.05, 0) is 71.7 Å². The summed E-state index contributed by atoms with van der Waals surface area (Å²) in [6.45, 7) is 0. The number of hydrogen-bond acceptors (Lipinski definition) is 6. The van der Waals surface area contributed by atoms with Crippen LogP contribution in [0, 0.1) is 0 Å². The van der Waals surface area contributed by atoms with Crippen molar-refractivity contribution in [3.8, 4) is 5.75 Å². The number of amides is 4. The second kappa shape index (κ2) is 10.6. The van der Waals surface area contributed by atoms with Crippen LogP contribution in [0.1, 0.15) is 27.0 Å². The number of nitrogens with one attached hydrogen (secondary N) is 1. The molecule has 1 saturated heterocycles. The normalized spacial score (nSPS) is 14.6. The van der Waals surface area contributed by atoms with Crippen molar-refractivity contribution >= 4 is 51.5 Å². The maximum atomic E-state index is 13.3. The molecule has 8 nitrogen and oxygen atoms in total. The molecule has 4 rings (SSSR count). The second-order valence-electron chi connectivity index (χ2n) is 7.83. The second-order valence-corrected chi connectivity index (χ2v) is 8.68. The van der Waals surface area contributed by atoms with E-state index in [9.17, 15) is 19.2 Å². The Kier molecular flexibility index (Phi) is 7.30. The van der Waals surface area contributed by atoms with Crippen molar-refractivity contribution in [3.63, 3.8) is 0 Å². The Bertz CT molecular complexity index is 1400. The van der Waals surface area contributed by atoms with Crippen LogP contribution in [0.25, 0.3) is 6.08 Å². The van der Waals surface area contributed by atoms with Crippen LogP contribution in [-0.2, 0) is 20.7 Å². The van der Waals surface area contributed by atoms with Gasteiger partial charge in [-0.1, -0.05) is 40.2 Å². The molecule has 0 unspecified atom stereocenters. The summed E-state index contributed by atoms with van der Waals surface area (Å²) in [5, 5.41) is 2.21. The molecular weight excluding hydrogens is 528 g/mol. The Hall–Kier alpha value is -4.24. The van der Waals surface area contributed by atoms with Crippen molar-refractivity contribution in [2.45, 2.75) is 6.42 Å². The molecule has 0 bridgehead atoms. The zero-order valence-electron chi connectivity index (χ0n) is 19.4. The number of carbonyl (C=O) groups excluding carboxylic acids is 4. The van der Waals surface area contributed by atoms with E-state index < -0.39 is 23.8 Å². The number of rotatable bonds is 6. The minimum absolute atomic E-state index is 0.201. The number of urea groups is 1. The smallest absolute Gasteiger partial charge is 0.337 e. The van der Waals surface area contributed by atoms with Gasteiger partial charge < -0.3 is 9.47 Å². The molecule has 0 aromatic heterocycles. The lowest BCUT2D eigenvalue weighted by Gasteiger charge is -2.26. The lowest BCUT2D eigenvalue weighted by atomic mass is 9.97. The first-order valence-corrected chi connectivity index (χ1v) is 11.6. The molecule has 0 spiro atoms. The molecule has 0 saturated carbocycles. The first-order chi connectivity index (χ1) is 17.3. The maximum absolute atomic E-state index is 13.3. The minimum Gasteiger partial charge on any atom is -0.497 e. The summed E-state index contributed by atoms with van der Waals surface area (Å²) in [5.41, 5.74) is 2.71. The first kappa shape index (κ1) is 24.9. The number of esters is 1. The average Bonchev–Trinajstić information content (AvgIpc) is 2.88. The summed E-state index contributed by atoms with van der Waals surface area (Å²) < 4.78 is 11.0. The lowest BCUT2D eigenvalue weighted by Crippen LogP contribution is -2.54. The Labute approximate surface area is 215 Å². The summed E-state index contributed by atoms with van der Waals surface area (Å²) in [4.78, 5) is 51.1. The van der Waals surface area contributed by atoms with Gasteiger partial charge in [-0.3, -0.25) is 14.9 Å². The molecule has 1 aliphatic heterocycles. The number of benzene rings is 3. The van der Waals surface area contributed by atoms with E-state index in [4.69, 9.17) is 4.74 Å². The molecular formula is C27H21BrN2O6. The van der Waals surface area contributed by atoms with E-state index >= 15 is 0 Å². The molecule has 3 aromatic carbocycles. The van der Waals surface area contributed by atoms with Crippen molar-refractivity contribution in [2.75, 3.05) is 19.1 Å². The van der Waals surface area contributed by atoms with Crippen LogP contribution in [0.3, 0.4) is 0 Å². The van der Waals surface area contributed by atoms with E-state index in [-0.39, 0.29) is 16.8 Å². The van der Waals surface area contributed by atoms with Gasteiger partial charge in [-0.2, -0.15) is 0 Å². The lowest BCUT2D eigenvalue weighted by molar-refractivity contribution is -0.122. The highest BCUT2D eigenvalue weighted by Crippen LogP contribution is 2.28. The Morgan fingerprint density at radius 2 is 1.69 bits per heavy atom. The maximum Gasteiger partial charge on any atom is 0.337 e. The number of hydrogen-bond donors (Lipinski definition) is 1. The van der Waals surface area contributed by atoms with E-state index in [2.05, 4.69) is 26.0 Å². The van der Waals surface area contributed by atoms with Crippen molar-refractivity contribution in [1.82, 2.24) is 5.32 Å². The molecule has 36 heavy (non-hydrogen) atoms. The number of carbonyl (C=O) groups is 4.